The van der Waals surface area contributed by atoms with Crippen molar-refractivity contribution in [3.05, 3.63) is 29.8 Å². The molecular weight excluding hydrogens is 194 g/mol. The standard InChI is InChI=1S/C11H15NO3/c1-11(12,7-10(13)14)8-4-3-5-9(6-8)15-2/h3-6H,7,12H2,1-2H3,(H,13,14). The van der Waals surface area contributed by atoms with Crippen LogP contribution in [0.4, 0.5) is 0 Å². The minimum absolute atomic E-state index is 0.111. The van der Waals surface area contributed by atoms with Crippen LogP contribution in [0.15, 0.2) is 24.3 Å². The van der Waals surface area contributed by atoms with Gasteiger partial charge in [-0.05, 0) is 24.6 Å². The van der Waals surface area contributed by atoms with Gasteiger partial charge in [0.05, 0.1) is 13.5 Å². The van der Waals surface area contributed by atoms with Crippen LogP contribution in [0.1, 0.15) is 18.9 Å². The highest BCUT2D eigenvalue weighted by Gasteiger charge is 2.24. The van der Waals surface area contributed by atoms with Crippen LogP contribution < -0.4 is 10.5 Å². The molecule has 4 nitrogen and oxygen atoms in total. The van der Waals surface area contributed by atoms with Gasteiger partial charge in [-0.1, -0.05) is 12.1 Å². The topological polar surface area (TPSA) is 72.5 Å². The third-order valence-electron chi connectivity index (χ3n) is 2.25. The zero-order chi connectivity index (χ0) is 11.5. The van der Waals surface area contributed by atoms with Crippen molar-refractivity contribution in [2.45, 2.75) is 18.9 Å². The molecule has 15 heavy (non-hydrogen) atoms. The minimum Gasteiger partial charge on any atom is -0.497 e. The Morgan fingerprint density at radius 1 is 1.60 bits per heavy atom. The maximum absolute atomic E-state index is 10.6. The Kier molecular flexibility index (Phi) is 3.31. The van der Waals surface area contributed by atoms with Gasteiger partial charge in [0.2, 0.25) is 0 Å². The lowest BCUT2D eigenvalue weighted by molar-refractivity contribution is -0.138. The highest BCUT2D eigenvalue weighted by molar-refractivity contribution is 5.68. The fraction of sp³-hybridized carbons (Fsp3) is 0.364. The van der Waals surface area contributed by atoms with Crippen molar-refractivity contribution in [1.29, 1.82) is 0 Å². The summed E-state index contributed by atoms with van der Waals surface area (Å²) in [6, 6.07) is 7.13. The first-order chi connectivity index (χ1) is 6.95. The van der Waals surface area contributed by atoms with Crippen LogP contribution in [0.3, 0.4) is 0 Å². The minimum atomic E-state index is -0.914. The van der Waals surface area contributed by atoms with Crippen molar-refractivity contribution in [1.82, 2.24) is 0 Å². The summed E-state index contributed by atoms with van der Waals surface area (Å²) in [5, 5.41) is 8.73. The SMILES string of the molecule is COc1cccc(C(C)(N)CC(=O)O)c1. The molecule has 1 aromatic rings. The van der Waals surface area contributed by atoms with E-state index in [1.807, 2.05) is 0 Å². The van der Waals surface area contributed by atoms with Gasteiger partial charge in [0.1, 0.15) is 5.75 Å². The zero-order valence-electron chi connectivity index (χ0n) is 8.86. The number of aliphatic carboxylic acids is 1. The van der Waals surface area contributed by atoms with Crippen molar-refractivity contribution in [2.75, 3.05) is 7.11 Å². The molecule has 82 valence electrons. The van der Waals surface area contributed by atoms with Crippen LogP contribution in [-0.4, -0.2) is 18.2 Å². The van der Waals surface area contributed by atoms with Crippen LogP contribution >= 0.6 is 0 Å². The van der Waals surface area contributed by atoms with Gasteiger partial charge < -0.3 is 15.6 Å². The van der Waals surface area contributed by atoms with E-state index in [0.29, 0.717) is 5.75 Å². The Morgan fingerprint density at radius 3 is 2.80 bits per heavy atom. The summed E-state index contributed by atoms with van der Waals surface area (Å²) in [6.07, 6.45) is -0.111. The van der Waals surface area contributed by atoms with Gasteiger partial charge in [-0.2, -0.15) is 0 Å². The van der Waals surface area contributed by atoms with Crippen molar-refractivity contribution in [3.8, 4) is 5.75 Å². The van der Waals surface area contributed by atoms with Gasteiger partial charge in [0, 0.05) is 5.54 Å². The lowest BCUT2D eigenvalue weighted by atomic mass is 9.90. The Hall–Kier alpha value is -1.55. The molecule has 3 N–H and O–H groups in total. The molecule has 0 bridgehead atoms. The summed E-state index contributed by atoms with van der Waals surface area (Å²) in [6.45, 7) is 1.69. The quantitative estimate of drug-likeness (QED) is 0.785. The van der Waals surface area contributed by atoms with E-state index in [9.17, 15) is 4.79 Å². The largest absolute Gasteiger partial charge is 0.497 e. The number of carboxylic acids is 1. The van der Waals surface area contributed by atoms with Crippen LogP contribution in [0.2, 0.25) is 0 Å². The first-order valence-corrected chi connectivity index (χ1v) is 4.61. The van der Waals surface area contributed by atoms with E-state index in [-0.39, 0.29) is 6.42 Å². The third kappa shape index (κ3) is 2.95. The lowest BCUT2D eigenvalue weighted by Gasteiger charge is -2.23. The van der Waals surface area contributed by atoms with E-state index >= 15 is 0 Å². The first-order valence-electron chi connectivity index (χ1n) is 4.61. The number of carboxylic acid groups (broad SMARTS) is 1. The number of ether oxygens (including phenoxy) is 1. The van der Waals surface area contributed by atoms with E-state index in [2.05, 4.69) is 0 Å². The monoisotopic (exact) mass is 209 g/mol. The molecule has 0 aromatic heterocycles. The molecule has 1 rings (SSSR count). The Balaban J connectivity index is 2.98. The van der Waals surface area contributed by atoms with E-state index in [0.717, 1.165) is 5.56 Å². The second kappa shape index (κ2) is 4.31. The third-order valence-corrected chi connectivity index (χ3v) is 2.25. The Labute approximate surface area is 88.7 Å². The average Bonchev–Trinajstić information content (AvgIpc) is 2.16. The molecule has 4 heteroatoms. The average molecular weight is 209 g/mol. The maximum Gasteiger partial charge on any atom is 0.305 e. The molecule has 0 radical (unpaired) electrons. The molecule has 0 saturated carbocycles. The molecule has 0 spiro atoms. The molecule has 0 saturated heterocycles. The van der Waals surface area contributed by atoms with Gasteiger partial charge in [-0.3, -0.25) is 4.79 Å². The summed E-state index contributed by atoms with van der Waals surface area (Å²) in [5.41, 5.74) is 5.81. The highest BCUT2D eigenvalue weighted by atomic mass is 16.5. The fourth-order valence-corrected chi connectivity index (χ4v) is 1.39. The summed E-state index contributed by atoms with van der Waals surface area (Å²) in [4.78, 5) is 10.6. The lowest BCUT2D eigenvalue weighted by Crippen LogP contribution is -2.35. The van der Waals surface area contributed by atoms with Crippen LogP contribution in [0, 0.1) is 0 Å². The van der Waals surface area contributed by atoms with E-state index in [1.54, 1.807) is 38.3 Å². The van der Waals surface area contributed by atoms with Gasteiger partial charge in [-0.25, -0.2) is 0 Å². The number of nitrogens with two attached hydrogens (primary N) is 1. The van der Waals surface area contributed by atoms with Crippen molar-refractivity contribution < 1.29 is 14.6 Å². The maximum atomic E-state index is 10.6. The van der Waals surface area contributed by atoms with Gasteiger partial charge in [-0.15, -0.1) is 0 Å². The first kappa shape index (κ1) is 11.5. The Morgan fingerprint density at radius 2 is 2.27 bits per heavy atom. The number of hydrogen-bond acceptors (Lipinski definition) is 3. The number of rotatable bonds is 4. The fourth-order valence-electron chi connectivity index (χ4n) is 1.39. The van der Waals surface area contributed by atoms with Crippen molar-refractivity contribution >= 4 is 5.97 Å². The molecular formula is C11H15NO3. The van der Waals surface area contributed by atoms with Gasteiger partial charge in [0.15, 0.2) is 0 Å². The predicted molar refractivity (Wildman–Crippen MR) is 56.8 cm³/mol. The number of carbonyl (C=O) groups is 1. The number of hydrogen-bond donors (Lipinski definition) is 2. The molecule has 0 fully saturated rings. The van der Waals surface area contributed by atoms with Crippen molar-refractivity contribution in [2.24, 2.45) is 5.73 Å². The summed E-state index contributed by atoms with van der Waals surface area (Å²) in [5.74, 6) is -0.239. The van der Waals surface area contributed by atoms with Gasteiger partial charge in [0.25, 0.3) is 0 Å². The van der Waals surface area contributed by atoms with Crippen LogP contribution in [-0.2, 0) is 10.3 Å². The molecule has 1 unspecified atom stereocenters. The normalized spacial score (nSPS) is 14.3. The summed E-state index contributed by atoms with van der Waals surface area (Å²) < 4.78 is 5.05. The molecule has 0 aliphatic heterocycles. The van der Waals surface area contributed by atoms with Gasteiger partial charge >= 0.3 is 5.97 Å². The number of benzene rings is 1. The predicted octanol–water partition coefficient (Wildman–Crippen LogP) is 1.34. The molecule has 1 aromatic carbocycles. The second-order valence-electron chi connectivity index (χ2n) is 3.72. The summed E-state index contributed by atoms with van der Waals surface area (Å²) >= 11 is 0. The Bertz CT molecular complexity index is 361. The molecule has 0 aliphatic rings. The summed E-state index contributed by atoms with van der Waals surface area (Å²) in [7, 11) is 1.56. The zero-order valence-corrected chi connectivity index (χ0v) is 8.86. The van der Waals surface area contributed by atoms with E-state index < -0.39 is 11.5 Å². The van der Waals surface area contributed by atoms with Crippen molar-refractivity contribution in [3.63, 3.8) is 0 Å². The highest BCUT2D eigenvalue weighted by Crippen LogP contribution is 2.24. The van der Waals surface area contributed by atoms with Crippen LogP contribution in [0.5, 0.6) is 5.75 Å². The van der Waals surface area contributed by atoms with Crippen LogP contribution in [0.25, 0.3) is 0 Å². The number of methoxy groups -OCH3 is 1. The van der Waals surface area contributed by atoms with E-state index in [1.165, 1.54) is 0 Å². The smallest absolute Gasteiger partial charge is 0.305 e. The molecule has 0 amide bonds. The molecule has 0 aliphatic carbocycles. The second-order valence-corrected chi connectivity index (χ2v) is 3.72. The molecule has 0 heterocycles. The van der Waals surface area contributed by atoms with E-state index in [4.69, 9.17) is 15.6 Å². The molecule has 1 atom stereocenters.